The number of anilines is 1. The largest absolute Gasteiger partial charge is 0.358 e. The average molecular weight is 465 g/mol. The van der Waals surface area contributed by atoms with Gasteiger partial charge >= 0.3 is 0 Å². The fourth-order valence-corrected chi connectivity index (χ4v) is 6.48. The minimum absolute atomic E-state index is 0.119. The predicted octanol–water partition coefficient (Wildman–Crippen LogP) is 4.49. The van der Waals surface area contributed by atoms with Crippen LogP contribution < -0.4 is 5.32 Å². The van der Waals surface area contributed by atoms with Crippen LogP contribution in [0, 0.1) is 6.92 Å². The summed E-state index contributed by atoms with van der Waals surface area (Å²) in [7, 11) is 0. The number of nitrogens with zero attached hydrogens (tertiary/aromatic N) is 2. The minimum Gasteiger partial charge on any atom is -0.358 e. The lowest BCUT2D eigenvalue weighted by Crippen LogP contribution is -2.42. The molecule has 4 aliphatic rings. The molecule has 6 rings (SSSR count). The van der Waals surface area contributed by atoms with Crippen molar-refractivity contribution in [2.24, 2.45) is 0 Å². The van der Waals surface area contributed by atoms with Crippen molar-refractivity contribution in [2.75, 3.05) is 31.5 Å². The fraction of sp³-hybridized carbons (Fsp3) is 0.462. The Balaban J connectivity index is 1.35. The SMILES string of the molecule is Cc1[nH]c2c(c1C(=O)N1CCC[C@H]1CN1CCCC1)CCC2=C1C(=O)Nc2c(Cl)cccc21. The number of para-hydroxylation sites is 1. The van der Waals surface area contributed by atoms with Gasteiger partial charge in [0.15, 0.2) is 0 Å². The predicted molar refractivity (Wildman–Crippen MR) is 130 cm³/mol. The van der Waals surface area contributed by atoms with Gasteiger partial charge in [0.1, 0.15) is 0 Å². The quantitative estimate of drug-likeness (QED) is 0.658. The fourth-order valence-electron chi connectivity index (χ4n) is 6.26. The Bertz CT molecular complexity index is 1190. The van der Waals surface area contributed by atoms with Crippen LogP contribution in [-0.4, -0.2) is 58.8 Å². The molecule has 2 aromatic rings. The Kier molecular flexibility index (Phi) is 5.11. The summed E-state index contributed by atoms with van der Waals surface area (Å²) < 4.78 is 0. The number of allylic oxidation sites excluding steroid dienone is 1. The van der Waals surface area contributed by atoms with Crippen molar-refractivity contribution in [1.29, 1.82) is 0 Å². The number of aromatic amines is 1. The molecule has 4 heterocycles. The third-order valence-corrected chi connectivity index (χ3v) is 8.10. The maximum absolute atomic E-state index is 13.8. The first-order chi connectivity index (χ1) is 16.0. The van der Waals surface area contributed by atoms with Gasteiger partial charge in [0.25, 0.3) is 11.8 Å². The van der Waals surface area contributed by atoms with Crippen molar-refractivity contribution in [3.05, 3.63) is 51.3 Å². The summed E-state index contributed by atoms with van der Waals surface area (Å²) in [6.45, 7) is 6.12. The van der Waals surface area contributed by atoms with Crippen molar-refractivity contribution in [2.45, 2.75) is 51.5 Å². The van der Waals surface area contributed by atoms with E-state index in [1.165, 1.54) is 12.8 Å². The van der Waals surface area contributed by atoms with E-state index >= 15 is 0 Å². The number of rotatable bonds is 3. The van der Waals surface area contributed by atoms with Gasteiger partial charge in [0.2, 0.25) is 0 Å². The molecule has 0 radical (unpaired) electrons. The maximum Gasteiger partial charge on any atom is 0.256 e. The monoisotopic (exact) mass is 464 g/mol. The van der Waals surface area contributed by atoms with E-state index in [0.29, 0.717) is 22.3 Å². The zero-order valence-corrected chi connectivity index (χ0v) is 19.7. The molecule has 1 atom stereocenters. The van der Waals surface area contributed by atoms with Gasteiger partial charge in [-0.15, -0.1) is 0 Å². The van der Waals surface area contributed by atoms with Crippen LogP contribution in [0.15, 0.2) is 18.2 Å². The van der Waals surface area contributed by atoms with Gasteiger partial charge in [-0.25, -0.2) is 0 Å². The lowest BCUT2D eigenvalue weighted by Gasteiger charge is -2.29. The van der Waals surface area contributed by atoms with Crippen molar-refractivity contribution in [3.63, 3.8) is 0 Å². The van der Waals surface area contributed by atoms with E-state index in [1.54, 1.807) is 6.07 Å². The van der Waals surface area contributed by atoms with E-state index in [4.69, 9.17) is 11.6 Å². The Morgan fingerprint density at radius 1 is 1.15 bits per heavy atom. The molecule has 1 aromatic carbocycles. The number of carbonyl (C=O) groups excluding carboxylic acids is 2. The second-order valence-electron chi connectivity index (χ2n) is 9.75. The molecule has 3 aliphatic heterocycles. The second kappa shape index (κ2) is 8.03. The number of carbonyl (C=O) groups is 2. The standard InChI is InChI=1S/C26H29ClN4O2/c1-15-21(26(33)31-13-5-6-16(31)14-30-11-2-3-12-30)18-9-10-19(23(18)28-15)22-17-7-4-8-20(27)24(17)29-25(22)32/h4,7-8,16,28H,2-3,5-6,9-14H2,1H3,(H,29,32)/t16-/m0/s1. The van der Waals surface area contributed by atoms with Crippen molar-refractivity contribution in [1.82, 2.24) is 14.8 Å². The Labute approximate surface area is 199 Å². The van der Waals surface area contributed by atoms with Crippen molar-refractivity contribution >= 4 is 40.2 Å². The lowest BCUT2D eigenvalue weighted by atomic mass is 9.99. The first-order valence-electron chi connectivity index (χ1n) is 12.1. The molecule has 2 fully saturated rings. The summed E-state index contributed by atoms with van der Waals surface area (Å²) in [6, 6.07) is 5.91. The number of benzene rings is 1. The first-order valence-corrected chi connectivity index (χ1v) is 12.5. The number of amides is 2. The molecule has 0 saturated carbocycles. The average Bonchev–Trinajstić information content (AvgIpc) is 3.58. The molecule has 0 spiro atoms. The van der Waals surface area contributed by atoms with Crippen LogP contribution in [0.3, 0.4) is 0 Å². The number of aryl methyl sites for hydroxylation is 1. The van der Waals surface area contributed by atoms with Crippen LogP contribution in [0.1, 0.15) is 65.0 Å². The van der Waals surface area contributed by atoms with Crippen LogP contribution in [-0.2, 0) is 11.2 Å². The van der Waals surface area contributed by atoms with E-state index in [2.05, 4.69) is 20.1 Å². The van der Waals surface area contributed by atoms with Crippen molar-refractivity contribution in [3.8, 4) is 0 Å². The second-order valence-corrected chi connectivity index (χ2v) is 10.2. The molecule has 0 bridgehead atoms. The number of aromatic nitrogens is 1. The van der Waals surface area contributed by atoms with E-state index < -0.39 is 0 Å². The van der Waals surface area contributed by atoms with E-state index in [1.807, 2.05) is 19.1 Å². The normalized spacial score (nSPS) is 24.5. The molecule has 2 saturated heterocycles. The third kappa shape index (κ3) is 3.34. The molecule has 7 heteroatoms. The van der Waals surface area contributed by atoms with Gasteiger partial charge in [-0.2, -0.15) is 0 Å². The highest BCUT2D eigenvalue weighted by Crippen LogP contribution is 2.46. The number of fused-ring (bicyclic) bond motifs is 2. The highest BCUT2D eigenvalue weighted by atomic mass is 35.5. The maximum atomic E-state index is 13.8. The van der Waals surface area contributed by atoms with Crippen molar-refractivity contribution < 1.29 is 9.59 Å². The Hall–Kier alpha value is -2.57. The van der Waals surface area contributed by atoms with E-state index in [0.717, 1.165) is 85.5 Å². The topological polar surface area (TPSA) is 68.4 Å². The smallest absolute Gasteiger partial charge is 0.256 e. The Morgan fingerprint density at radius 2 is 1.97 bits per heavy atom. The van der Waals surface area contributed by atoms with Crippen LogP contribution in [0.25, 0.3) is 11.1 Å². The van der Waals surface area contributed by atoms with Crippen LogP contribution in [0.5, 0.6) is 0 Å². The molecule has 33 heavy (non-hydrogen) atoms. The molecule has 172 valence electrons. The lowest BCUT2D eigenvalue weighted by molar-refractivity contribution is -0.110. The Morgan fingerprint density at radius 3 is 2.79 bits per heavy atom. The molecular formula is C26H29ClN4O2. The summed E-state index contributed by atoms with van der Waals surface area (Å²) in [5.41, 5.74) is 6.93. The van der Waals surface area contributed by atoms with Gasteiger partial charge in [-0.1, -0.05) is 23.7 Å². The summed E-state index contributed by atoms with van der Waals surface area (Å²) in [6.07, 6.45) is 6.21. The number of hydrogen-bond acceptors (Lipinski definition) is 3. The van der Waals surface area contributed by atoms with Gasteiger partial charge < -0.3 is 20.1 Å². The zero-order valence-electron chi connectivity index (χ0n) is 19.0. The number of H-pyrrole nitrogens is 1. The van der Waals surface area contributed by atoms with Gasteiger partial charge in [0.05, 0.1) is 21.8 Å². The van der Waals surface area contributed by atoms with Crippen LogP contribution in [0.2, 0.25) is 5.02 Å². The number of likely N-dealkylation sites (tertiary alicyclic amines) is 2. The minimum atomic E-state index is -0.119. The highest BCUT2D eigenvalue weighted by Gasteiger charge is 2.38. The summed E-state index contributed by atoms with van der Waals surface area (Å²) >= 11 is 6.33. The van der Waals surface area contributed by atoms with Crippen LogP contribution in [0.4, 0.5) is 5.69 Å². The number of nitrogens with one attached hydrogen (secondary N) is 2. The molecule has 6 nitrogen and oxygen atoms in total. The molecule has 2 N–H and O–H groups in total. The summed E-state index contributed by atoms with van der Waals surface area (Å²) in [5.74, 6) is 0.0311. The molecule has 0 unspecified atom stereocenters. The molecule has 1 aromatic heterocycles. The van der Waals surface area contributed by atoms with Gasteiger partial charge in [-0.3, -0.25) is 9.59 Å². The van der Waals surface area contributed by atoms with Crippen LogP contribution >= 0.6 is 11.6 Å². The number of halogens is 1. The highest BCUT2D eigenvalue weighted by molar-refractivity contribution is 6.42. The summed E-state index contributed by atoms with van der Waals surface area (Å²) in [5, 5.41) is 3.48. The first kappa shape index (κ1) is 21.0. The zero-order chi connectivity index (χ0) is 22.7. The molecule has 1 aliphatic carbocycles. The van der Waals surface area contributed by atoms with Gasteiger partial charge in [-0.05, 0) is 75.7 Å². The van der Waals surface area contributed by atoms with Gasteiger partial charge in [0, 0.05) is 36.1 Å². The molecule has 2 amide bonds. The van der Waals surface area contributed by atoms with E-state index in [9.17, 15) is 9.59 Å². The third-order valence-electron chi connectivity index (χ3n) is 7.79. The van der Waals surface area contributed by atoms with E-state index in [-0.39, 0.29) is 11.8 Å². The number of hydrogen-bond donors (Lipinski definition) is 2. The summed E-state index contributed by atoms with van der Waals surface area (Å²) in [4.78, 5) is 34.8. The molecular weight excluding hydrogens is 436 g/mol.